The van der Waals surface area contributed by atoms with Crippen LogP contribution < -0.4 is 19.1 Å². The Kier molecular flexibility index (Phi) is 4.18. The monoisotopic (exact) mass is 251 g/mol. The predicted molar refractivity (Wildman–Crippen MR) is 72.2 cm³/mol. The molecule has 1 aromatic rings. The molecule has 0 aromatic heterocycles. The van der Waals surface area contributed by atoms with Crippen molar-refractivity contribution in [2.45, 2.75) is 19.3 Å². The fourth-order valence-corrected chi connectivity index (χ4v) is 2.42. The Hall–Kier alpha value is -1.58. The van der Waals surface area contributed by atoms with Gasteiger partial charge in [-0.05, 0) is 19.3 Å². The van der Waals surface area contributed by atoms with Crippen LogP contribution in [-0.4, -0.2) is 34.4 Å². The van der Waals surface area contributed by atoms with Crippen molar-refractivity contribution in [2.75, 3.05) is 39.3 Å². The van der Waals surface area contributed by atoms with E-state index < -0.39 is 0 Å². The molecule has 0 spiro atoms. The standard InChI is InChI=1S/C14H21NO3/c1-16-11-9-12(17-2)14(13(10-11)18-3)15-7-5-4-6-8-15/h9-10H,4-8H2,1-3H3. The van der Waals surface area contributed by atoms with Gasteiger partial charge in [-0.2, -0.15) is 0 Å². The molecule has 0 unspecified atom stereocenters. The summed E-state index contributed by atoms with van der Waals surface area (Å²) >= 11 is 0. The van der Waals surface area contributed by atoms with E-state index in [0.717, 1.165) is 36.0 Å². The first-order valence-electron chi connectivity index (χ1n) is 6.35. The van der Waals surface area contributed by atoms with Crippen LogP contribution in [0.25, 0.3) is 0 Å². The number of rotatable bonds is 4. The molecule has 2 rings (SSSR count). The van der Waals surface area contributed by atoms with E-state index >= 15 is 0 Å². The van der Waals surface area contributed by atoms with Crippen molar-refractivity contribution < 1.29 is 14.2 Å². The number of benzene rings is 1. The second-order valence-corrected chi connectivity index (χ2v) is 4.43. The molecule has 0 atom stereocenters. The summed E-state index contributed by atoms with van der Waals surface area (Å²) in [6, 6.07) is 3.82. The van der Waals surface area contributed by atoms with Crippen LogP contribution in [0.2, 0.25) is 0 Å². The minimum atomic E-state index is 0.754. The van der Waals surface area contributed by atoms with Gasteiger partial charge in [-0.15, -0.1) is 0 Å². The van der Waals surface area contributed by atoms with Crippen LogP contribution in [0, 0.1) is 0 Å². The summed E-state index contributed by atoms with van der Waals surface area (Å²) in [5.74, 6) is 2.38. The highest BCUT2D eigenvalue weighted by molar-refractivity contribution is 5.70. The summed E-state index contributed by atoms with van der Waals surface area (Å²) in [5.41, 5.74) is 1.04. The Balaban J connectivity index is 2.41. The van der Waals surface area contributed by atoms with E-state index in [2.05, 4.69) is 4.90 Å². The molecule has 4 heteroatoms. The Morgan fingerprint density at radius 2 is 1.39 bits per heavy atom. The molecule has 1 fully saturated rings. The third-order valence-corrected chi connectivity index (χ3v) is 3.36. The number of piperidine rings is 1. The van der Waals surface area contributed by atoms with Crippen LogP contribution in [-0.2, 0) is 0 Å². The Labute approximate surface area is 108 Å². The quantitative estimate of drug-likeness (QED) is 0.823. The Morgan fingerprint density at radius 3 is 1.83 bits per heavy atom. The van der Waals surface area contributed by atoms with Gasteiger partial charge in [0.1, 0.15) is 22.9 Å². The maximum Gasteiger partial charge on any atom is 0.149 e. The van der Waals surface area contributed by atoms with Crippen molar-refractivity contribution in [3.8, 4) is 17.2 Å². The average Bonchev–Trinajstić information content (AvgIpc) is 2.46. The third kappa shape index (κ3) is 2.47. The van der Waals surface area contributed by atoms with Gasteiger partial charge in [0.25, 0.3) is 0 Å². The fraction of sp³-hybridized carbons (Fsp3) is 0.571. The highest BCUT2D eigenvalue weighted by atomic mass is 16.5. The van der Waals surface area contributed by atoms with Gasteiger partial charge in [-0.3, -0.25) is 0 Å². The number of anilines is 1. The summed E-state index contributed by atoms with van der Waals surface area (Å²) in [4.78, 5) is 2.33. The van der Waals surface area contributed by atoms with Gasteiger partial charge in [-0.1, -0.05) is 0 Å². The first kappa shape index (κ1) is 12.9. The van der Waals surface area contributed by atoms with Crippen molar-refractivity contribution in [2.24, 2.45) is 0 Å². The molecule has 1 heterocycles. The van der Waals surface area contributed by atoms with E-state index in [1.807, 2.05) is 12.1 Å². The van der Waals surface area contributed by atoms with Crippen molar-refractivity contribution in [3.63, 3.8) is 0 Å². The van der Waals surface area contributed by atoms with Crippen molar-refractivity contribution in [1.29, 1.82) is 0 Å². The van der Waals surface area contributed by atoms with E-state index in [0.29, 0.717) is 0 Å². The first-order chi connectivity index (χ1) is 8.80. The lowest BCUT2D eigenvalue weighted by atomic mass is 10.1. The predicted octanol–water partition coefficient (Wildman–Crippen LogP) is 2.70. The summed E-state index contributed by atoms with van der Waals surface area (Å²) < 4.78 is 16.2. The Morgan fingerprint density at radius 1 is 0.833 bits per heavy atom. The number of methoxy groups -OCH3 is 3. The SMILES string of the molecule is COc1cc(OC)c(N2CCCCC2)c(OC)c1. The molecule has 4 nitrogen and oxygen atoms in total. The van der Waals surface area contributed by atoms with Gasteiger partial charge in [0.15, 0.2) is 0 Å². The number of hydrogen-bond acceptors (Lipinski definition) is 4. The van der Waals surface area contributed by atoms with E-state index in [-0.39, 0.29) is 0 Å². The lowest BCUT2D eigenvalue weighted by Crippen LogP contribution is -2.30. The molecule has 18 heavy (non-hydrogen) atoms. The fourth-order valence-electron chi connectivity index (χ4n) is 2.42. The summed E-state index contributed by atoms with van der Waals surface area (Å²) in [7, 11) is 5.01. The highest BCUT2D eigenvalue weighted by Gasteiger charge is 2.21. The highest BCUT2D eigenvalue weighted by Crippen LogP contribution is 2.42. The number of nitrogens with zero attached hydrogens (tertiary/aromatic N) is 1. The zero-order valence-electron chi connectivity index (χ0n) is 11.4. The summed E-state index contributed by atoms with van der Waals surface area (Å²) in [5, 5.41) is 0. The van der Waals surface area contributed by atoms with Crippen LogP contribution in [0.4, 0.5) is 5.69 Å². The van der Waals surface area contributed by atoms with Crippen LogP contribution in [0.3, 0.4) is 0 Å². The molecule has 0 radical (unpaired) electrons. The molecule has 1 saturated heterocycles. The van der Waals surface area contributed by atoms with E-state index in [9.17, 15) is 0 Å². The smallest absolute Gasteiger partial charge is 0.149 e. The van der Waals surface area contributed by atoms with Crippen LogP contribution in [0.5, 0.6) is 17.2 Å². The van der Waals surface area contributed by atoms with E-state index in [1.165, 1.54) is 19.3 Å². The average molecular weight is 251 g/mol. The van der Waals surface area contributed by atoms with E-state index in [1.54, 1.807) is 21.3 Å². The lowest BCUT2D eigenvalue weighted by molar-refractivity contribution is 0.373. The van der Waals surface area contributed by atoms with Gasteiger partial charge >= 0.3 is 0 Å². The molecule has 0 aliphatic carbocycles. The van der Waals surface area contributed by atoms with Gasteiger partial charge in [0.2, 0.25) is 0 Å². The second kappa shape index (κ2) is 5.85. The third-order valence-electron chi connectivity index (χ3n) is 3.36. The molecular formula is C14H21NO3. The van der Waals surface area contributed by atoms with E-state index in [4.69, 9.17) is 14.2 Å². The van der Waals surface area contributed by atoms with Crippen molar-refractivity contribution in [1.82, 2.24) is 0 Å². The first-order valence-corrected chi connectivity index (χ1v) is 6.35. The largest absolute Gasteiger partial charge is 0.496 e. The number of hydrogen-bond donors (Lipinski definition) is 0. The zero-order chi connectivity index (χ0) is 13.0. The molecule has 0 saturated carbocycles. The zero-order valence-corrected chi connectivity index (χ0v) is 11.4. The van der Waals surface area contributed by atoms with Gasteiger partial charge < -0.3 is 19.1 Å². The maximum atomic E-state index is 5.48. The van der Waals surface area contributed by atoms with Gasteiger partial charge in [0, 0.05) is 25.2 Å². The minimum Gasteiger partial charge on any atom is -0.496 e. The normalized spacial score (nSPS) is 15.4. The van der Waals surface area contributed by atoms with Crippen LogP contribution in [0.1, 0.15) is 19.3 Å². The maximum absolute atomic E-state index is 5.48. The molecule has 1 aliphatic rings. The molecule has 1 aromatic carbocycles. The molecule has 0 bridgehead atoms. The summed E-state index contributed by atoms with van der Waals surface area (Å²) in [6.07, 6.45) is 3.74. The number of ether oxygens (including phenoxy) is 3. The van der Waals surface area contributed by atoms with Crippen molar-refractivity contribution >= 4 is 5.69 Å². The van der Waals surface area contributed by atoms with Gasteiger partial charge in [-0.25, -0.2) is 0 Å². The van der Waals surface area contributed by atoms with Crippen LogP contribution >= 0.6 is 0 Å². The molecule has 0 amide bonds. The molecule has 1 aliphatic heterocycles. The lowest BCUT2D eigenvalue weighted by Gasteiger charge is -2.31. The topological polar surface area (TPSA) is 30.9 Å². The van der Waals surface area contributed by atoms with Crippen molar-refractivity contribution in [3.05, 3.63) is 12.1 Å². The minimum absolute atomic E-state index is 0.754. The Bertz CT molecular complexity index is 375. The second-order valence-electron chi connectivity index (χ2n) is 4.43. The van der Waals surface area contributed by atoms with Gasteiger partial charge in [0.05, 0.1) is 21.3 Å². The summed E-state index contributed by atoms with van der Waals surface area (Å²) in [6.45, 7) is 2.11. The molecule has 0 N–H and O–H groups in total. The van der Waals surface area contributed by atoms with Crippen LogP contribution in [0.15, 0.2) is 12.1 Å². The molecule has 100 valence electrons. The molecular weight excluding hydrogens is 230 g/mol.